The van der Waals surface area contributed by atoms with Crippen LogP contribution in [0.1, 0.15) is 0 Å². The van der Waals surface area contributed by atoms with Crippen molar-refractivity contribution in [3.05, 3.63) is 36.6 Å². The number of nitrogens with one attached hydrogen (secondary N) is 1. The number of anilines is 1. The van der Waals surface area contributed by atoms with Crippen molar-refractivity contribution in [2.45, 2.75) is 0 Å². The number of hydrogen-bond acceptors (Lipinski definition) is 5. The standard InChI is InChI=1S/C12H10N4O2/c13-7-3-4-9(17)8(6-7)11-14-12(16-15-11)10-2-1-5-18-10/h1-6,17H,13H2,(H,14,15,16). The highest BCUT2D eigenvalue weighted by Gasteiger charge is 2.12. The number of nitrogen functional groups attached to an aromatic ring is 1. The lowest BCUT2D eigenvalue weighted by Crippen LogP contribution is -1.87. The second-order valence-corrected chi connectivity index (χ2v) is 3.76. The minimum atomic E-state index is 0.0780. The molecule has 0 spiro atoms. The zero-order chi connectivity index (χ0) is 12.5. The molecular formula is C12H10N4O2. The fraction of sp³-hybridized carbons (Fsp3) is 0. The van der Waals surface area contributed by atoms with Crippen LogP contribution in [-0.2, 0) is 0 Å². The molecule has 0 unspecified atom stereocenters. The van der Waals surface area contributed by atoms with Gasteiger partial charge in [-0.05, 0) is 30.3 Å². The molecule has 90 valence electrons. The second-order valence-electron chi connectivity index (χ2n) is 3.76. The monoisotopic (exact) mass is 242 g/mol. The third kappa shape index (κ3) is 1.69. The van der Waals surface area contributed by atoms with E-state index in [2.05, 4.69) is 15.2 Å². The van der Waals surface area contributed by atoms with Gasteiger partial charge in [-0.3, -0.25) is 5.10 Å². The van der Waals surface area contributed by atoms with Crippen LogP contribution in [0.5, 0.6) is 5.75 Å². The summed E-state index contributed by atoms with van der Waals surface area (Å²) in [6, 6.07) is 8.26. The molecule has 2 heterocycles. The van der Waals surface area contributed by atoms with Crippen LogP contribution in [-0.4, -0.2) is 20.3 Å². The summed E-state index contributed by atoms with van der Waals surface area (Å²) in [6.07, 6.45) is 1.55. The van der Waals surface area contributed by atoms with E-state index in [0.29, 0.717) is 28.7 Å². The largest absolute Gasteiger partial charge is 0.507 e. The maximum absolute atomic E-state index is 9.76. The molecule has 0 saturated heterocycles. The topological polar surface area (TPSA) is 101 Å². The van der Waals surface area contributed by atoms with Gasteiger partial charge in [0, 0.05) is 5.69 Å². The first-order chi connectivity index (χ1) is 8.74. The summed E-state index contributed by atoms with van der Waals surface area (Å²) in [5.74, 6) is 1.52. The Hall–Kier alpha value is -2.76. The Labute approximate surface area is 102 Å². The van der Waals surface area contributed by atoms with Gasteiger partial charge in [0.05, 0.1) is 11.8 Å². The first-order valence-electron chi connectivity index (χ1n) is 5.29. The van der Waals surface area contributed by atoms with E-state index in [4.69, 9.17) is 10.2 Å². The summed E-state index contributed by atoms with van der Waals surface area (Å²) in [7, 11) is 0. The van der Waals surface area contributed by atoms with E-state index >= 15 is 0 Å². The normalized spacial score (nSPS) is 10.7. The van der Waals surface area contributed by atoms with Crippen molar-refractivity contribution in [3.8, 4) is 28.7 Å². The van der Waals surface area contributed by atoms with Gasteiger partial charge in [-0.1, -0.05) is 0 Å². The summed E-state index contributed by atoms with van der Waals surface area (Å²) >= 11 is 0. The van der Waals surface area contributed by atoms with Gasteiger partial charge >= 0.3 is 0 Å². The van der Waals surface area contributed by atoms with E-state index < -0.39 is 0 Å². The molecule has 0 aliphatic heterocycles. The molecule has 0 atom stereocenters. The van der Waals surface area contributed by atoms with Crippen LogP contribution in [0, 0.1) is 0 Å². The SMILES string of the molecule is Nc1ccc(O)c(-c2n[nH]c(-c3ccco3)n2)c1. The molecule has 3 rings (SSSR count). The van der Waals surface area contributed by atoms with Crippen molar-refractivity contribution in [1.82, 2.24) is 15.2 Å². The Morgan fingerprint density at radius 1 is 1.28 bits per heavy atom. The van der Waals surface area contributed by atoms with Crippen molar-refractivity contribution in [2.24, 2.45) is 0 Å². The van der Waals surface area contributed by atoms with Crippen molar-refractivity contribution in [2.75, 3.05) is 5.73 Å². The van der Waals surface area contributed by atoms with E-state index in [-0.39, 0.29) is 5.75 Å². The maximum Gasteiger partial charge on any atom is 0.192 e. The number of aromatic nitrogens is 3. The number of rotatable bonds is 2. The number of phenols is 1. The Kier molecular flexibility index (Phi) is 2.26. The Morgan fingerprint density at radius 2 is 2.17 bits per heavy atom. The lowest BCUT2D eigenvalue weighted by atomic mass is 10.1. The predicted octanol–water partition coefficient (Wildman–Crippen LogP) is 2.02. The molecule has 0 aliphatic rings. The molecule has 0 saturated carbocycles. The molecule has 6 heteroatoms. The molecule has 0 fully saturated rings. The summed E-state index contributed by atoms with van der Waals surface area (Å²) < 4.78 is 5.20. The number of phenolic OH excluding ortho intramolecular Hbond substituents is 1. The van der Waals surface area contributed by atoms with Crippen LogP contribution in [0.2, 0.25) is 0 Å². The first kappa shape index (κ1) is 10.4. The van der Waals surface area contributed by atoms with Crippen LogP contribution in [0.4, 0.5) is 5.69 Å². The van der Waals surface area contributed by atoms with Gasteiger partial charge in [-0.2, -0.15) is 5.10 Å². The predicted molar refractivity (Wildman–Crippen MR) is 65.6 cm³/mol. The van der Waals surface area contributed by atoms with E-state index in [1.807, 2.05) is 0 Å². The van der Waals surface area contributed by atoms with Crippen molar-refractivity contribution in [1.29, 1.82) is 0 Å². The van der Waals surface area contributed by atoms with Crippen LogP contribution >= 0.6 is 0 Å². The number of aromatic amines is 1. The van der Waals surface area contributed by atoms with E-state index in [1.165, 1.54) is 6.07 Å². The van der Waals surface area contributed by atoms with Gasteiger partial charge in [0.2, 0.25) is 0 Å². The third-order valence-corrected chi connectivity index (χ3v) is 2.50. The highest BCUT2D eigenvalue weighted by molar-refractivity contribution is 5.69. The number of furan rings is 1. The van der Waals surface area contributed by atoms with Crippen LogP contribution in [0.3, 0.4) is 0 Å². The molecule has 1 aromatic carbocycles. The van der Waals surface area contributed by atoms with Gasteiger partial charge in [0.25, 0.3) is 0 Å². The molecular weight excluding hydrogens is 232 g/mol. The molecule has 0 radical (unpaired) electrons. The van der Waals surface area contributed by atoms with E-state index in [1.54, 1.807) is 30.5 Å². The molecule has 4 N–H and O–H groups in total. The molecule has 2 aromatic heterocycles. The van der Waals surface area contributed by atoms with Crippen LogP contribution in [0.25, 0.3) is 23.0 Å². The quantitative estimate of drug-likeness (QED) is 0.471. The fourth-order valence-electron chi connectivity index (χ4n) is 1.64. The average molecular weight is 242 g/mol. The van der Waals surface area contributed by atoms with Gasteiger partial charge < -0.3 is 15.3 Å². The highest BCUT2D eigenvalue weighted by Crippen LogP contribution is 2.29. The van der Waals surface area contributed by atoms with Gasteiger partial charge in [-0.25, -0.2) is 4.98 Å². The third-order valence-electron chi connectivity index (χ3n) is 2.50. The first-order valence-corrected chi connectivity index (χ1v) is 5.29. The number of aromatic hydroxyl groups is 1. The van der Waals surface area contributed by atoms with E-state index in [0.717, 1.165) is 0 Å². The van der Waals surface area contributed by atoms with Crippen molar-refractivity contribution < 1.29 is 9.52 Å². The molecule has 3 aromatic rings. The van der Waals surface area contributed by atoms with Crippen molar-refractivity contribution >= 4 is 5.69 Å². The average Bonchev–Trinajstić information content (AvgIpc) is 3.00. The Bertz CT molecular complexity index is 673. The zero-order valence-corrected chi connectivity index (χ0v) is 9.29. The van der Waals surface area contributed by atoms with Crippen LogP contribution in [0.15, 0.2) is 41.0 Å². The number of hydrogen-bond donors (Lipinski definition) is 3. The molecule has 0 aliphatic carbocycles. The molecule has 0 bridgehead atoms. The minimum absolute atomic E-state index is 0.0780. The summed E-state index contributed by atoms with van der Waals surface area (Å²) in [6.45, 7) is 0. The smallest absolute Gasteiger partial charge is 0.192 e. The maximum atomic E-state index is 9.76. The lowest BCUT2D eigenvalue weighted by Gasteiger charge is -2.00. The van der Waals surface area contributed by atoms with E-state index in [9.17, 15) is 5.11 Å². The molecule has 0 amide bonds. The van der Waals surface area contributed by atoms with Gasteiger partial charge in [0.15, 0.2) is 17.4 Å². The summed E-state index contributed by atoms with van der Waals surface area (Å²) in [5, 5.41) is 16.5. The summed E-state index contributed by atoms with van der Waals surface area (Å²) in [5.41, 5.74) is 6.68. The molecule has 18 heavy (non-hydrogen) atoms. The Morgan fingerprint density at radius 3 is 2.94 bits per heavy atom. The lowest BCUT2D eigenvalue weighted by molar-refractivity contribution is 0.477. The van der Waals surface area contributed by atoms with Gasteiger partial charge in [-0.15, -0.1) is 0 Å². The fourth-order valence-corrected chi connectivity index (χ4v) is 1.64. The summed E-state index contributed by atoms with van der Waals surface area (Å²) in [4.78, 5) is 4.25. The second kappa shape index (κ2) is 3.92. The minimum Gasteiger partial charge on any atom is -0.507 e. The number of H-pyrrole nitrogens is 1. The van der Waals surface area contributed by atoms with Crippen LogP contribution < -0.4 is 5.73 Å². The van der Waals surface area contributed by atoms with Crippen molar-refractivity contribution in [3.63, 3.8) is 0 Å². The number of nitrogens with zero attached hydrogens (tertiary/aromatic N) is 2. The highest BCUT2D eigenvalue weighted by atomic mass is 16.3. The Balaban J connectivity index is 2.05. The molecule has 6 nitrogen and oxygen atoms in total. The number of benzene rings is 1. The van der Waals surface area contributed by atoms with Gasteiger partial charge in [0.1, 0.15) is 5.75 Å². The number of nitrogens with two attached hydrogens (primary N) is 1. The zero-order valence-electron chi connectivity index (χ0n) is 9.29.